The van der Waals surface area contributed by atoms with Crippen molar-refractivity contribution in [3.63, 3.8) is 0 Å². The largest absolute Gasteiger partial charge is 0.507 e. The topological polar surface area (TPSA) is 59.4 Å². The van der Waals surface area contributed by atoms with Gasteiger partial charge in [0.2, 0.25) is 0 Å². The Morgan fingerprint density at radius 2 is 1.92 bits per heavy atom. The maximum absolute atomic E-state index is 11.6. The number of aromatic hydroxyl groups is 1. The highest BCUT2D eigenvalue weighted by Gasteiger charge is 2.08. The highest BCUT2D eigenvalue weighted by atomic mass is 16.5. The molecule has 0 bridgehead atoms. The quantitative estimate of drug-likeness (QED) is 0.571. The average Bonchev–Trinajstić information content (AvgIpc) is 2.61. The van der Waals surface area contributed by atoms with E-state index < -0.39 is 0 Å². The summed E-state index contributed by atoms with van der Waals surface area (Å²) in [7, 11) is 0. The van der Waals surface area contributed by atoms with E-state index in [0.29, 0.717) is 28.9 Å². The van der Waals surface area contributed by atoms with Crippen molar-refractivity contribution in [1.29, 1.82) is 0 Å². The van der Waals surface area contributed by atoms with Crippen LogP contribution >= 0.6 is 0 Å². The van der Waals surface area contributed by atoms with Crippen molar-refractivity contribution in [2.75, 3.05) is 0 Å². The van der Waals surface area contributed by atoms with Crippen LogP contribution in [0.25, 0.3) is 23.1 Å². The van der Waals surface area contributed by atoms with Crippen molar-refractivity contribution in [2.45, 2.75) is 13.3 Å². The number of esters is 1. The average molecular weight is 319 g/mol. The fourth-order valence-electron chi connectivity index (χ4n) is 2.31. The van der Waals surface area contributed by atoms with Crippen LogP contribution in [0.1, 0.15) is 24.6 Å². The van der Waals surface area contributed by atoms with Crippen LogP contribution in [0.5, 0.6) is 11.5 Å². The second-order valence-electron chi connectivity index (χ2n) is 5.28. The molecule has 3 aromatic rings. The number of para-hydroxylation sites is 2. The first-order valence-electron chi connectivity index (χ1n) is 7.74. The number of phenolic OH excluding ortho intramolecular Hbond substituents is 1. The van der Waals surface area contributed by atoms with Crippen molar-refractivity contribution in [3.05, 3.63) is 65.9 Å². The van der Waals surface area contributed by atoms with Gasteiger partial charge in [0.15, 0.2) is 5.75 Å². The predicted octanol–water partition coefficient (Wildman–Crippen LogP) is 4.43. The van der Waals surface area contributed by atoms with Gasteiger partial charge in [-0.2, -0.15) is 0 Å². The number of aromatic nitrogens is 1. The molecule has 0 radical (unpaired) electrons. The van der Waals surface area contributed by atoms with E-state index in [1.54, 1.807) is 31.2 Å². The molecule has 3 rings (SSSR count). The molecule has 1 heterocycles. The van der Waals surface area contributed by atoms with Gasteiger partial charge in [-0.3, -0.25) is 4.79 Å². The third-order valence-electron chi connectivity index (χ3n) is 3.59. The van der Waals surface area contributed by atoms with Gasteiger partial charge in [-0.25, -0.2) is 4.98 Å². The molecule has 120 valence electrons. The van der Waals surface area contributed by atoms with E-state index in [0.717, 1.165) is 5.39 Å². The fraction of sp³-hybridized carbons (Fsp3) is 0.100. The molecule has 2 aromatic carbocycles. The summed E-state index contributed by atoms with van der Waals surface area (Å²) in [6, 6.07) is 16.4. The summed E-state index contributed by atoms with van der Waals surface area (Å²) in [4.78, 5) is 16.1. The summed E-state index contributed by atoms with van der Waals surface area (Å²) in [5, 5.41) is 10.7. The second kappa shape index (κ2) is 6.96. The Morgan fingerprint density at radius 1 is 1.08 bits per heavy atom. The molecule has 1 N–H and O–H groups in total. The molecule has 1 aromatic heterocycles. The first-order valence-corrected chi connectivity index (χ1v) is 7.74. The number of carbonyl (C=O) groups is 1. The predicted molar refractivity (Wildman–Crippen MR) is 94.7 cm³/mol. The van der Waals surface area contributed by atoms with E-state index in [1.807, 2.05) is 42.5 Å². The minimum Gasteiger partial charge on any atom is -0.507 e. The molecular weight excluding hydrogens is 302 g/mol. The third-order valence-corrected chi connectivity index (χ3v) is 3.59. The minimum atomic E-state index is -0.292. The fourth-order valence-corrected chi connectivity index (χ4v) is 2.31. The molecule has 0 unspecified atom stereocenters. The molecular formula is C20H17NO3. The van der Waals surface area contributed by atoms with Gasteiger partial charge in [-0.15, -0.1) is 0 Å². The summed E-state index contributed by atoms with van der Waals surface area (Å²) >= 11 is 0. The molecule has 24 heavy (non-hydrogen) atoms. The van der Waals surface area contributed by atoms with Gasteiger partial charge in [0, 0.05) is 17.4 Å². The maximum atomic E-state index is 11.6. The molecule has 0 aliphatic carbocycles. The van der Waals surface area contributed by atoms with Crippen molar-refractivity contribution in [3.8, 4) is 11.5 Å². The van der Waals surface area contributed by atoms with Crippen LogP contribution < -0.4 is 4.74 Å². The van der Waals surface area contributed by atoms with Gasteiger partial charge in [0.25, 0.3) is 0 Å². The second-order valence-corrected chi connectivity index (χ2v) is 5.28. The van der Waals surface area contributed by atoms with Gasteiger partial charge < -0.3 is 9.84 Å². The lowest BCUT2D eigenvalue weighted by atomic mass is 10.1. The van der Waals surface area contributed by atoms with Crippen molar-refractivity contribution >= 4 is 29.0 Å². The lowest BCUT2D eigenvalue weighted by Crippen LogP contribution is -2.06. The minimum absolute atomic E-state index is 0.215. The molecule has 0 aliphatic heterocycles. The number of rotatable bonds is 4. The normalized spacial score (nSPS) is 11.0. The maximum Gasteiger partial charge on any atom is 0.310 e. The van der Waals surface area contributed by atoms with Crippen LogP contribution in [-0.2, 0) is 4.79 Å². The monoisotopic (exact) mass is 319 g/mol. The molecule has 0 amide bonds. The summed E-state index contributed by atoms with van der Waals surface area (Å²) < 4.78 is 5.35. The smallest absolute Gasteiger partial charge is 0.310 e. The van der Waals surface area contributed by atoms with E-state index in [4.69, 9.17) is 4.74 Å². The van der Waals surface area contributed by atoms with Crippen LogP contribution in [0.4, 0.5) is 0 Å². The summed E-state index contributed by atoms with van der Waals surface area (Å²) in [6.45, 7) is 1.75. The van der Waals surface area contributed by atoms with Crippen LogP contribution in [0.15, 0.2) is 54.6 Å². The summed E-state index contributed by atoms with van der Waals surface area (Å²) in [5.41, 5.74) is 2.06. The van der Waals surface area contributed by atoms with Gasteiger partial charge in [-0.1, -0.05) is 43.3 Å². The number of fused-ring (bicyclic) bond motifs is 1. The molecule has 4 nitrogen and oxygen atoms in total. The Bertz CT molecular complexity index is 916. The Hall–Kier alpha value is -3.14. The molecule has 0 saturated carbocycles. The number of ether oxygens (including phenoxy) is 1. The van der Waals surface area contributed by atoms with Gasteiger partial charge in [-0.05, 0) is 30.4 Å². The molecule has 0 fully saturated rings. The number of pyridine rings is 1. The van der Waals surface area contributed by atoms with Crippen molar-refractivity contribution in [1.82, 2.24) is 4.98 Å². The summed E-state index contributed by atoms with van der Waals surface area (Å²) in [6.07, 6.45) is 3.92. The first-order chi connectivity index (χ1) is 11.7. The Labute approximate surface area is 140 Å². The number of phenols is 1. The van der Waals surface area contributed by atoms with Crippen LogP contribution in [0.2, 0.25) is 0 Å². The first kappa shape index (κ1) is 15.7. The lowest BCUT2D eigenvalue weighted by Gasteiger charge is -2.07. The Balaban J connectivity index is 1.97. The lowest BCUT2D eigenvalue weighted by molar-refractivity contribution is -0.133. The van der Waals surface area contributed by atoms with E-state index in [9.17, 15) is 9.90 Å². The van der Waals surface area contributed by atoms with E-state index in [2.05, 4.69) is 4.98 Å². The molecule has 4 heteroatoms. The van der Waals surface area contributed by atoms with Gasteiger partial charge >= 0.3 is 5.97 Å². The number of hydrogen-bond acceptors (Lipinski definition) is 4. The Kier molecular flexibility index (Phi) is 4.57. The molecule has 0 atom stereocenters. The SMILES string of the molecule is CCC(=O)Oc1cccc2ccc(/C=C/c3ccccc3O)nc12. The standard InChI is InChI=1S/C20H17NO3/c1-2-19(23)24-18-9-5-7-15-11-13-16(21-20(15)18)12-10-14-6-3-4-8-17(14)22/h3-13,22H,2H2,1H3/b12-10+. The zero-order valence-corrected chi connectivity index (χ0v) is 13.3. The molecule has 0 aliphatic rings. The van der Waals surface area contributed by atoms with Crippen LogP contribution in [0.3, 0.4) is 0 Å². The van der Waals surface area contributed by atoms with Crippen LogP contribution in [0, 0.1) is 0 Å². The van der Waals surface area contributed by atoms with E-state index >= 15 is 0 Å². The molecule has 0 saturated heterocycles. The van der Waals surface area contributed by atoms with Crippen LogP contribution in [-0.4, -0.2) is 16.1 Å². The Morgan fingerprint density at radius 3 is 2.71 bits per heavy atom. The van der Waals surface area contributed by atoms with E-state index in [-0.39, 0.29) is 11.7 Å². The third kappa shape index (κ3) is 3.43. The van der Waals surface area contributed by atoms with Gasteiger partial charge in [0.05, 0.1) is 5.69 Å². The van der Waals surface area contributed by atoms with E-state index in [1.165, 1.54) is 0 Å². The summed E-state index contributed by atoms with van der Waals surface area (Å²) in [5.74, 6) is 0.378. The zero-order valence-electron chi connectivity index (χ0n) is 13.3. The number of hydrogen-bond donors (Lipinski definition) is 1. The van der Waals surface area contributed by atoms with Gasteiger partial charge in [0.1, 0.15) is 11.3 Å². The number of benzene rings is 2. The van der Waals surface area contributed by atoms with Crippen molar-refractivity contribution < 1.29 is 14.6 Å². The molecule has 0 spiro atoms. The van der Waals surface area contributed by atoms with Crippen molar-refractivity contribution in [2.24, 2.45) is 0 Å². The number of nitrogens with zero attached hydrogens (tertiary/aromatic N) is 1. The zero-order chi connectivity index (χ0) is 16.9. The highest BCUT2D eigenvalue weighted by molar-refractivity contribution is 5.88. The highest BCUT2D eigenvalue weighted by Crippen LogP contribution is 2.25. The number of carbonyl (C=O) groups excluding carboxylic acids is 1.